The third-order valence-corrected chi connectivity index (χ3v) is 4.78. The first-order valence-electron chi connectivity index (χ1n) is 5.91. The number of halogens is 2. The molecule has 1 heterocycles. The quantitative estimate of drug-likeness (QED) is 0.735. The second-order valence-corrected chi connectivity index (χ2v) is 7.02. The number of rotatable bonds is 5. The lowest BCUT2D eigenvalue weighted by atomic mass is 10.3. The van der Waals surface area contributed by atoms with E-state index in [2.05, 4.69) is 32.9 Å². The molecule has 0 aliphatic rings. The number of thiazole rings is 1. The summed E-state index contributed by atoms with van der Waals surface area (Å²) in [6, 6.07) is 5.92. The molecule has 0 saturated heterocycles. The van der Waals surface area contributed by atoms with Crippen molar-refractivity contribution < 1.29 is 4.74 Å². The summed E-state index contributed by atoms with van der Waals surface area (Å²) in [6.45, 7) is 0.634. The summed E-state index contributed by atoms with van der Waals surface area (Å²) in [4.78, 5) is 7.44. The fourth-order valence-corrected chi connectivity index (χ4v) is 3.41. The van der Waals surface area contributed by atoms with Crippen molar-refractivity contribution >= 4 is 56.3 Å². The first-order valence-corrected chi connectivity index (χ1v) is 8.18. The van der Waals surface area contributed by atoms with Gasteiger partial charge in [0.05, 0.1) is 29.2 Å². The Morgan fingerprint density at radius 1 is 1.45 bits per heavy atom. The molecule has 0 unspecified atom stereocenters. The molecule has 108 valence electrons. The van der Waals surface area contributed by atoms with E-state index in [1.165, 1.54) is 0 Å². The van der Waals surface area contributed by atoms with Crippen LogP contribution in [-0.4, -0.2) is 26.2 Å². The number of ether oxygens (including phenoxy) is 1. The molecule has 1 aromatic carbocycles. The number of nitrogens with zero attached hydrogens (tertiary/aromatic N) is 2. The van der Waals surface area contributed by atoms with E-state index in [0.717, 1.165) is 19.3 Å². The van der Waals surface area contributed by atoms with Crippen LogP contribution < -0.4 is 15.0 Å². The SMILES string of the molecule is COc1nc(N(C)C)sc1CNc1ccc(I)cc1Cl. The molecule has 1 N–H and O–H groups in total. The zero-order chi connectivity index (χ0) is 14.7. The van der Waals surface area contributed by atoms with E-state index in [0.29, 0.717) is 17.4 Å². The van der Waals surface area contributed by atoms with Crippen LogP contribution in [0.5, 0.6) is 5.88 Å². The number of hydrogen-bond acceptors (Lipinski definition) is 5. The summed E-state index contributed by atoms with van der Waals surface area (Å²) in [7, 11) is 5.56. The van der Waals surface area contributed by atoms with Crippen LogP contribution in [0.4, 0.5) is 10.8 Å². The van der Waals surface area contributed by atoms with Crippen LogP contribution in [0, 0.1) is 3.57 Å². The van der Waals surface area contributed by atoms with Crippen molar-refractivity contribution in [2.75, 3.05) is 31.4 Å². The van der Waals surface area contributed by atoms with Gasteiger partial charge in [0.25, 0.3) is 0 Å². The molecule has 0 aliphatic carbocycles. The fraction of sp³-hybridized carbons (Fsp3) is 0.308. The van der Waals surface area contributed by atoms with Gasteiger partial charge < -0.3 is 15.0 Å². The number of benzene rings is 1. The van der Waals surface area contributed by atoms with Gasteiger partial charge in [-0.2, -0.15) is 4.98 Å². The molecule has 0 fully saturated rings. The van der Waals surface area contributed by atoms with Gasteiger partial charge in [-0.15, -0.1) is 0 Å². The maximum Gasteiger partial charge on any atom is 0.231 e. The van der Waals surface area contributed by atoms with Crippen LogP contribution >= 0.6 is 45.5 Å². The van der Waals surface area contributed by atoms with Crippen molar-refractivity contribution in [2.24, 2.45) is 0 Å². The van der Waals surface area contributed by atoms with Gasteiger partial charge in [-0.3, -0.25) is 0 Å². The molecule has 0 amide bonds. The van der Waals surface area contributed by atoms with Gasteiger partial charge in [0, 0.05) is 17.7 Å². The fourth-order valence-electron chi connectivity index (χ4n) is 1.60. The molecule has 0 saturated carbocycles. The van der Waals surface area contributed by atoms with Crippen LogP contribution in [0.2, 0.25) is 5.02 Å². The Morgan fingerprint density at radius 3 is 2.80 bits per heavy atom. The molecule has 0 aliphatic heterocycles. The Morgan fingerprint density at radius 2 is 2.20 bits per heavy atom. The standard InChI is InChI=1S/C13H15ClIN3OS/c1-18(2)13-17-12(19-3)11(20-13)7-16-10-5-4-8(15)6-9(10)14/h4-6,16H,7H2,1-3H3. The van der Waals surface area contributed by atoms with Gasteiger partial charge in [0.2, 0.25) is 5.88 Å². The van der Waals surface area contributed by atoms with E-state index in [4.69, 9.17) is 16.3 Å². The Kier molecular flexibility index (Phi) is 5.34. The van der Waals surface area contributed by atoms with Crippen molar-refractivity contribution in [3.63, 3.8) is 0 Å². The van der Waals surface area contributed by atoms with E-state index in [-0.39, 0.29) is 0 Å². The van der Waals surface area contributed by atoms with E-state index in [1.807, 2.05) is 37.2 Å². The second-order valence-electron chi connectivity index (χ2n) is 4.30. The number of nitrogens with one attached hydrogen (secondary N) is 1. The van der Waals surface area contributed by atoms with Crippen molar-refractivity contribution in [3.8, 4) is 5.88 Å². The Balaban J connectivity index is 2.14. The van der Waals surface area contributed by atoms with E-state index in [9.17, 15) is 0 Å². The zero-order valence-corrected chi connectivity index (χ0v) is 15.1. The van der Waals surface area contributed by atoms with Crippen molar-refractivity contribution in [3.05, 3.63) is 31.7 Å². The molecule has 0 spiro atoms. The Hall–Kier alpha value is -0.730. The maximum atomic E-state index is 6.21. The predicted molar refractivity (Wildman–Crippen MR) is 94.5 cm³/mol. The van der Waals surface area contributed by atoms with Gasteiger partial charge in [0.15, 0.2) is 5.13 Å². The smallest absolute Gasteiger partial charge is 0.231 e. The first kappa shape index (κ1) is 15.7. The average molecular weight is 424 g/mol. The van der Waals surface area contributed by atoms with Crippen LogP contribution in [0.25, 0.3) is 0 Å². The minimum absolute atomic E-state index is 0.634. The first-order chi connectivity index (χ1) is 9.51. The molecule has 2 aromatic rings. The maximum absolute atomic E-state index is 6.21. The summed E-state index contributed by atoms with van der Waals surface area (Å²) in [5.41, 5.74) is 0.911. The predicted octanol–water partition coefficient (Wildman–Crippen LogP) is 4.09. The Labute approximate surface area is 141 Å². The van der Waals surface area contributed by atoms with E-state index >= 15 is 0 Å². The van der Waals surface area contributed by atoms with Gasteiger partial charge in [-0.05, 0) is 40.8 Å². The van der Waals surface area contributed by atoms with Crippen molar-refractivity contribution in [1.82, 2.24) is 4.98 Å². The molecule has 2 rings (SSSR count). The molecule has 0 radical (unpaired) electrons. The van der Waals surface area contributed by atoms with E-state index < -0.39 is 0 Å². The van der Waals surface area contributed by atoms with Crippen molar-refractivity contribution in [1.29, 1.82) is 0 Å². The minimum Gasteiger partial charge on any atom is -0.480 e. The summed E-state index contributed by atoms with van der Waals surface area (Å²) in [5, 5.41) is 4.96. The lowest BCUT2D eigenvalue weighted by Crippen LogP contribution is -2.07. The number of hydrogen-bond donors (Lipinski definition) is 1. The van der Waals surface area contributed by atoms with Crippen LogP contribution in [0.1, 0.15) is 4.88 Å². The third kappa shape index (κ3) is 3.67. The molecule has 0 bridgehead atoms. The van der Waals surface area contributed by atoms with Gasteiger partial charge >= 0.3 is 0 Å². The van der Waals surface area contributed by atoms with Gasteiger partial charge in [-0.25, -0.2) is 0 Å². The average Bonchev–Trinajstić information content (AvgIpc) is 2.81. The molecule has 0 atom stereocenters. The highest BCUT2D eigenvalue weighted by molar-refractivity contribution is 14.1. The summed E-state index contributed by atoms with van der Waals surface area (Å²) >= 11 is 10.0. The molecular weight excluding hydrogens is 409 g/mol. The normalized spacial score (nSPS) is 10.4. The lowest BCUT2D eigenvalue weighted by molar-refractivity contribution is 0.397. The zero-order valence-electron chi connectivity index (χ0n) is 11.4. The highest BCUT2D eigenvalue weighted by Gasteiger charge is 2.13. The minimum atomic E-state index is 0.634. The summed E-state index contributed by atoms with van der Waals surface area (Å²) in [6.07, 6.45) is 0. The van der Waals surface area contributed by atoms with Crippen LogP contribution in [0.3, 0.4) is 0 Å². The molecular formula is C13H15ClIN3OS. The highest BCUT2D eigenvalue weighted by atomic mass is 127. The van der Waals surface area contributed by atoms with Crippen molar-refractivity contribution in [2.45, 2.75) is 6.54 Å². The highest BCUT2D eigenvalue weighted by Crippen LogP contribution is 2.32. The summed E-state index contributed by atoms with van der Waals surface area (Å²) in [5.74, 6) is 0.660. The molecule has 20 heavy (non-hydrogen) atoms. The second kappa shape index (κ2) is 6.82. The molecule has 1 aromatic heterocycles. The van der Waals surface area contributed by atoms with E-state index in [1.54, 1.807) is 18.4 Å². The van der Waals surface area contributed by atoms with Crippen LogP contribution in [0.15, 0.2) is 18.2 Å². The Bertz CT molecular complexity index is 603. The van der Waals surface area contributed by atoms with Crippen LogP contribution in [-0.2, 0) is 6.54 Å². The van der Waals surface area contributed by atoms with Gasteiger partial charge in [-0.1, -0.05) is 22.9 Å². The largest absolute Gasteiger partial charge is 0.480 e. The molecule has 4 nitrogen and oxygen atoms in total. The number of methoxy groups -OCH3 is 1. The summed E-state index contributed by atoms with van der Waals surface area (Å²) < 4.78 is 6.43. The lowest BCUT2D eigenvalue weighted by Gasteiger charge is -2.08. The van der Waals surface area contributed by atoms with Gasteiger partial charge in [0.1, 0.15) is 0 Å². The molecule has 7 heteroatoms. The topological polar surface area (TPSA) is 37.4 Å². The number of aromatic nitrogens is 1. The monoisotopic (exact) mass is 423 g/mol. The number of anilines is 2. The third-order valence-electron chi connectivity index (χ3n) is 2.60.